The Balaban J connectivity index is 1.81. The quantitative estimate of drug-likeness (QED) is 0.538. The molecule has 0 spiro atoms. The molecule has 3 atom stereocenters. The van der Waals surface area contributed by atoms with Gasteiger partial charge in [0.05, 0.1) is 0 Å². The summed E-state index contributed by atoms with van der Waals surface area (Å²) in [6.45, 7) is 2.03. The van der Waals surface area contributed by atoms with Crippen molar-refractivity contribution < 1.29 is 36.2 Å². The van der Waals surface area contributed by atoms with Gasteiger partial charge in [0.1, 0.15) is 5.78 Å². The van der Waals surface area contributed by atoms with Gasteiger partial charge in [0.15, 0.2) is 0 Å². The third kappa shape index (κ3) is 3.16. The van der Waals surface area contributed by atoms with Gasteiger partial charge in [-0.05, 0) is 61.2 Å². The van der Waals surface area contributed by atoms with Crippen LogP contribution < -0.4 is 0 Å². The van der Waals surface area contributed by atoms with Crippen molar-refractivity contribution in [2.75, 3.05) is 0 Å². The Kier molecular flexibility index (Phi) is 4.66. The van der Waals surface area contributed by atoms with E-state index in [-0.39, 0.29) is 29.5 Å². The molecule has 0 aromatic heterocycles. The van der Waals surface area contributed by atoms with E-state index in [1.54, 1.807) is 0 Å². The van der Waals surface area contributed by atoms with E-state index < -0.39 is 23.4 Å². The lowest BCUT2D eigenvalue weighted by atomic mass is 9.60. The Labute approximate surface area is 153 Å². The summed E-state index contributed by atoms with van der Waals surface area (Å²) >= 11 is 0. The van der Waals surface area contributed by atoms with E-state index >= 15 is 0 Å². The fourth-order valence-electron chi connectivity index (χ4n) is 5.40. The number of ketones is 1. The van der Waals surface area contributed by atoms with Gasteiger partial charge in [-0.2, -0.15) is 26.3 Å². The molecule has 27 heavy (non-hydrogen) atoms. The van der Waals surface area contributed by atoms with Crippen molar-refractivity contribution in [3.63, 3.8) is 0 Å². The number of hydrogen-bond acceptors (Lipinski definition) is 2. The summed E-state index contributed by atoms with van der Waals surface area (Å²) in [5.74, 6) is 3.32. The lowest BCUT2D eigenvalue weighted by Gasteiger charge is -2.43. The number of hydrogen-bond donors (Lipinski definition) is 1. The van der Waals surface area contributed by atoms with Crippen LogP contribution in [0.3, 0.4) is 0 Å². The largest absolute Gasteiger partial charge is 0.438 e. The minimum Gasteiger partial charge on any atom is -0.363 e. The van der Waals surface area contributed by atoms with Crippen molar-refractivity contribution in [3.8, 4) is 11.8 Å². The Morgan fingerprint density at radius 1 is 1.07 bits per heavy atom. The SMILES string of the molecule is C[C@]12CCCC(=O)[C@@H]1CC[C@@H]2C1(CC#CC(O)(C(F)(F)F)C(F)(F)F)CC1. The summed E-state index contributed by atoms with van der Waals surface area (Å²) in [5, 5.41) is 9.17. The minimum atomic E-state index is -5.92. The highest BCUT2D eigenvalue weighted by Gasteiger charge is 2.70. The maximum atomic E-state index is 12.8. The highest BCUT2D eigenvalue weighted by Crippen LogP contribution is 2.68. The number of carbonyl (C=O) groups excluding carboxylic acids is 1. The van der Waals surface area contributed by atoms with Crippen LogP contribution in [0, 0.1) is 34.5 Å². The average Bonchev–Trinajstić information content (AvgIpc) is 3.19. The molecule has 3 saturated carbocycles. The van der Waals surface area contributed by atoms with Crippen molar-refractivity contribution in [2.24, 2.45) is 22.7 Å². The van der Waals surface area contributed by atoms with E-state index in [9.17, 15) is 36.2 Å². The molecular weight excluding hydrogens is 374 g/mol. The first kappa shape index (κ1) is 20.5. The molecule has 0 amide bonds. The molecule has 0 aromatic rings. The van der Waals surface area contributed by atoms with Gasteiger partial charge < -0.3 is 5.11 Å². The van der Waals surface area contributed by atoms with E-state index in [2.05, 4.69) is 0 Å². The first-order chi connectivity index (χ1) is 12.3. The van der Waals surface area contributed by atoms with Gasteiger partial charge in [-0.25, -0.2) is 0 Å². The average molecular weight is 396 g/mol. The second-order valence-corrected chi connectivity index (χ2v) is 8.56. The summed E-state index contributed by atoms with van der Waals surface area (Å²) in [4.78, 5) is 12.2. The zero-order valence-electron chi connectivity index (χ0n) is 14.9. The highest BCUT2D eigenvalue weighted by atomic mass is 19.4. The molecule has 0 aromatic carbocycles. The number of carbonyl (C=O) groups is 1. The molecule has 3 rings (SSSR count). The topological polar surface area (TPSA) is 37.3 Å². The van der Waals surface area contributed by atoms with Crippen molar-refractivity contribution in [1.29, 1.82) is 0 Å². The van der Waals surface area contributed by atoms with Crippen LogP contribution in [0.2, 0.25) is 0 Å². The maximum absolute atomic E-state index is 12.8. The van der Waals surface area contributed by atoms with E-state index in [1.807, 2.05) is 12.8 Å². The molecule has 3 fully saturated rings. The van der Waals surface area contributed by atoms with Crippen molar-refractivity contribution >= 4 is 5.78 Å². The van der Waals surface area contributed by atoms with E-state index in [0.29, 0.717) is 19.3 Å². The normalized spacial score (nSPS) is 33.3. The third-order valence-corrected chi connectivity index (χ3v) is 7.03. The van der Waals surface area contributed by atoms with Crippen molar-refractivity contribution in [1.82, 2.24) is 0 Å². The summed E-state index contributed by atoms with van der Waals surface area (Å²) in [6, 6.07) is 0. The van der Waals surface area contributed by atoms with Crippen molar-refractivity contribution in [3.05, 3.63) is 0 Å². The van der Waals surface area contributed by atoms with E-state index in [1.165, 1.54) is 0 Å². The minimum absolute atomic E-state index is 0.0658. The zero-order valence-corrected chi connectivity index (χ0v) is 14.9. The predicted octanol–water partition coefficient (Wildman–Crippen LogP) is 4.80. The summed E-state index contributed by atoms with van der Waals surface area (Å²) in [6.07, 6.45) is -6.97. The number of rotatable bonds is 2. The molecule has 8 heteroatoms. The van der Waals surface area contributed by atoms with Crippen LogP contribution in [0.15, 0.2) is 0 Å². The molecule has 152 valence electrons. The number of halogens is 6. The van der Waals surface area contributed by atoms with Gasteiger partial charge in [-0.15, -0.1) is 0 Å². The van der Waals surface area contributed by atoms with Gasteiger partial charge in [-0.1, -0.05) is 12.8 Å². The van der Waals surface area contributed by atoms with Crippen LogP contribution in [0.4, 0.5) is 26.3 Å². The number of aliphatic hydroxyl groups is 1. The first-order valence-corrected chi connectivity index (χ1v) is 9.15. The molecule has 0 aliphatic heterocycles. The second kappa shape index (κ2) is 6.13. The van der Waals surface area contributed by atoms with Crippen LogP contribution in [-0.2, 0) is 4.79 Å². The smallest absolute Gasteiger partial charge is 0.363 e. The molecule has 3 aliphatic rings. The standard InChI is InChI=1S/C19H22F6O2/c1-15-7-2-4-13(26)12(15)5-6-14(15)16(10-11-16)8-3-9-17(27,18(20,21)22)19(23,24)25/h12,14,27H,2,4-8,10-11H2,1H3/t12-,14-,15-/m0/s1. The number of Topliss-reactive ketones (excluding diaryl/α,β-unsaturated/α-hetero) is 1. The van der Waals surface area contributed by atoms with Crippen LogP contribution in [0.5, 0.6) is 0 Å². The monoisotopic (exact) mass is 396 g/mol. The van der Waals surface area contributed by atoms with Crippen LogP contribution in [0.25, 0.3) is 0 Å². The van der Waals surface area contributed by atoms with Gasteiger partial charge >= 0.3 is 18.0 Å². The predicted molar refractivity (Wildman–Crippen MR) is 84.3 cm³/mol. The molecule has 0 radical (unpaired) electrons. The molecular formula is C19H22F6O2. The Morgan fingerprint density at radius 3 is 2.19 bits per heavy atom. The molecule has 0 bridgehead atoms. The molecule has 0 saturated heterocycles. The fourth-order valence-corrected chi connectivity index (χ4v) is 5.40. The maximum Gasteiger partial charge on any atom is 0.438 e. The molecule has 1 N–H and O–H groups in total. The molecule has 0 heterocycles. The molecule has 0 unspecified atom stereocenters. The Hall–Kier alpha value is -1.23. The summed E-state index contributed by atoms with van der Waals surface area (Å²) in [5.41, 5.74) is -5.71. The zero-order chi connectivity index (χ0) is 20.3. The van der Waals surface area contributed by atoms with E-state index in [0.717, 1.165) is 31.6 Å². The Morgan fingerprint density at radius 2 is 1.67 bits per heavy atom. The summed E-state index contributed by atoms with van der Waals surface area (Å²) < 4.78 is 76.5. The second-order valence-electron chi connectivity index (χ2n) is 8.56. The van der Waals surface area contributed by atoms with Crippen molar-refractivity contribution in [2.45, 2.75) is 76.2 Å². The van der Waals surface area contributed by atoms with Crippen LogP contribution in [-0.4, -0.2) is 28.8 Å². The number of fused-ring (bicyclic) bond motifs is 1. The molecule has 2 nitrogen and oxygen atoms in total. The third-order valence-electron chi connectivity index (χ3n) is 7.03. The fraction of sp³-hybridized carbons (Fsp3) is 0.842. The van der Waals surface area contributed by atoms with Gasteiger partial charge in [0.2, 0.25) is 0 Å². The Bertz CT molecular complexity index is 665. The van der Waals surface area contributed by atoms with E-state index in [4.69, 9.17) is 0 Å². The van der Waals surface area contributed by atoms with Crippen LogP contribution in [0.1, 0.15) is 58.3 Å². The lowest BCUT2D eigenvalue weighted by molar-refractivity contribution is -0.343. The first-order valence-electron chi connectivity index (χ1n) is 9.15. The summed E-state index contributed by atoms with van der Waals surface area (Å²) in [7, 11) is 0. The molecule has 3 aliphatic carbocycles. The highest BCUT2D eigenvalue weighted by molar-refractivity contribution is 5.83. The number of alkyl halides is 6. The lowest BCUT2D eigenvalue weighted by Crippen LogP contribution is -2.55. The van der Waals surface area contributed by atoms with Gasteiger partial charge in [0.25, 0.3) is 0 Å². The van der Waals surface area contributed by atoms with Gasteiger partial charge in [-0.3, -0.25) is 4.79 Å². The van der Waals surface area contributed by atoms with Crippen LogP contribution >= 0.6 is 0 Å². The van der Waals surface area contributed by atoms with Gasteiger partial charge in [0, 0.05) is 18.8 Å².